The fourth-order valence-corrected chi connectivity index (χ4v) is 5.62. The van der Waals surface area contributed by atoms with Crippen LogP contribution in [0.4, 0.5) is 5.13 Å². The number of rotatable bonds is 4. The molecule has 2 fully saturated rings. The molecule has 4 heterocycles. The molecule has 5 rings (SSSR count). The average molecular weight is 422 g/mol. The third-order valence-electron chi connectivity index (χ3n) is 6.26. The molecule has 1 atom stereocenters. The standard InChI is InChI=1S/C23H27N5OS/c1-24-22(29)17-7-9-25-20(13-17)16-5-6-19-21(14-16)30-23(26-19)28-12-8-18(15-28)27-10-3-2-4-11-27/h5-7,9,13-14,18H,2-4,8,10-12,15H2,1H3,(H,24,29)/t18-/m1/s1. The maximum Gasteiger partial charge on any atom is 0.251 e. The largest absolute Gasteiger partial charge is 0.355 e. The lowest BCUT2D eigenvalue weighted by Gasteiger charge is -2.32. The molecule has 156 valence electrons. The van der Waals surface area contributed by atoms with Crippen LogP contribution in [0.3, 0.4) is 0 Å². The summed E-state index contributed by atoms with van der Waals surface area (Å²) >= 11 is 1.76. The van der Waals surface area contributed by atoms with Gasteiger partial charge in [-0.1, -0.05) is 23.8 Å². The summed E-state index contributed by atoms with van der Waals surface area (Å²) < 4.78 is 1.16. The number of nitrogens with zero attached hydrogens (tertiary/aromatic N) is 4. The second-order valence-electron chi connectivity index (χ2n) is 8.17. The predicted molar refractivity (Wildman–Crippen MR) is 122 cm³/mol. The van der Waals surface area contributed by atoms with E-state index in [1.54, 1.807) is 30.6 Å². The molecule has 2 saturated heterocycles. The minimum absolute atomic E-state index is 0.0999. The zero-order valence-electron chi connectivity index (χ0n) is 17.3. The van der Waals surface area contributed by atoms with Crippen molar-refractivity contribution in [3.63, 3.8) is 0 Å². The molecule has 0 spiro atoms. The van der Waals surface area contributed by atoms with Crippen LogP contribution in [0.5, 0.6) is 0 Å². The van der Waals surface area contributed by atoms with Gasteiger partial charge in [0.15, 0.2) is 5.13 Å². The Morgan fingerprint density at radius 3 is 2.83 bits per heavy atom. The first kappa shape index (κ1) is 19.5. The van der Waals surface area contributed by atoms with E-state index in [0.717, 1.165) is 39.7 Å². The zero-order chi connectivity index (χ0) is 20.5. The van der Waals surface area contributed by atoms with Crippen LogP contribution in [0, 0.1) is 0 Å². The summed E-state index contributed by atoms with van der Waals surface area (Å²) in [7, 11) is 1.64. The van der Waals surface area contributed by atoms with Crippen molar-refractivity contribution in [2.45, 2.75) is 31.7 Å². The number of pyridine rings is 1. The van der Waals surface area contributed by atoms with Gasteiger partial charge in [0.2, 0.25) is 0 Å². The van der Waals surface area contributed by atoms with E-state index in [0.29, 0.717) is 11.6 Å². The van der Waals surface area contributed by atoms with Crippen LogP contribution in [0.25, 0.3) is 21.5 Å². The van der Waals surface area contributed by atoms with Gasteiger partial charge < -0.3 is 10.2 Å². The van der Waals surface area contributed by atoms with Crippen LogP contribution in [-0.2, 0) is 0 Å². The van der Waals surface area contributed by atoms with Crippen molar-refractivity contribution in [1.29, 1.82) is 0 Å². The first-order valence-corrected chi connectivity index (χ1v) is 11.6. The number of anilines is 1. The van der Waals surface area contributed by atoms with Gasteiger partial charge in [-0.3, -0.25) is 14.7 Å². The summed E-state index contributed by atoms with van der Waals surface area (Å²) in [6.45, 7) is 4.68. The highest BCUT2D eigenvalue weighted by Gasteiger charge is 2.30. The third-order valence-corrected chi connectivity index (χ3v) is 7.34. The van der Waals surface area contributed by atoms with Crippen molar-refractivity contribution in [2.75, 3.05) is 38.1 Å². The molecule has 0 aliphatic carbocycles. The fourth-order valence-electron chi connectivity index (χ4n) is 4.58. The molecule has 1 aromatic carbocycles. The van der Waals surface area contributed by atoms with Crippen molar-refractivity contribution in [3.05, 3.63) is 42.1 Å². The van der Waals surface area contributed by atoms with E-state index < -0.39 is 0 Å². The van der Waals surface area contributed by atoms with Gasteiger partial charge in [0, 0.05) is 43.5 Å². The molecule has 30 heavy (non-hydrogen) atoms. The fraction of sp³-hybridized carbons (Fsp3) is 0.435. The number of amides is 1. The van der Waals surface area contributed by atoms with E-state index in [4.69, 9.17) is 4.98 Å². The number of hydrogen-bond donors (Lipinski definition) is 1. The van der Waals surface area contributed by atoms with Gasteiger partial charge in [-0.25, -0.2) is 4.98 Å². The monoisotopic (exact) mass is 421 g/mol. The summed E-state index contributed by atoms with van der Waals surface area (Å²) in [5.41, 5.74) is 3.46. The van der Waals surface area contributed by atoms with E-state index in [1.165, 1.54) is 38.8 Å². The molecule has 2 aliphatic heterocycles. The number of fused-ring (bicyclic) bond motifs is 1. The summed E-state index contributed by atoms with van der Waals surface area (Å²) in [6, 6.07) is 10.5. The van der Waals surface area contributed by atoms with Gasteiger partial charge in [-0.2, -0.15) is 0 Å². The Bertz CT molecular complexity index is 1060. The highest BCUT2D eigenvalue weighted by molar-refractivity contribution is 7.22. The Kier molecular flexibility index (Phi) is 5.39. The Labute approximate surface area is 180 Å². The smallest absolute Gasteiger partial charge is 0.251 e. The molecule has 7 heteroatoms. The number of benzene rings is 1. The second-order valence-corrected chi connectivity index (χ2v) is 9.18. The van der Waals surface area contributed by atoms with Crippen molar-refractivity contribution in [2.24, 2.45) is 0 Å². The van der Waals surface area contributed by atoms with Crippen molar-refractivity contribution >= 4 is 32.6 Å². The van der Waals surface area contributed by atoms with E-state index in [-0.39, 0.29) is 5.91 Å². The van der Waals surface area contributed by atoms with E-state index in [9.17, 15) is 4.79 Å². The first-order valence-electron chi connectivity index (χ1n) is 10.8. The van der Waals surface area contributed by atoms with Crippen LogP contribution in [0.2, 0.25) is 0 Å². The van der Waals surface area contributed by atoms with E-state index >= 15 is 0 Å². The SMILES string of the molecule is CNC(=O)c1ccnc(-c2ccc3nc(N4CC[C@@H](N5CCCCC5)C4)sc3c2)c1. The lowest BCUT2D eigenvalue weighted by molar-refractivity contribution is 0.0963. The lowest BCUT2D eigenvalue weighted by atomic mass is 10.1. The maximum absolute atomic E-state index is 11.9. The van der Waals surface area contributed by atoms with Gasteiger partial charge in [0.05, 0.1) is 15.9 Å². The number of carbonyl (C=O) groups is 1. The number of aromatic nitrogens is 2. The Balaban J connectivity index is 1.36. The topological polar surface area (TPSA) is 61.4 Å². The molecule has 1 amide bonds. The molecular weight excluding hydrogens is 394 g/mol. The van der Waals surface area contributed by atoms with Gasteiger partial charge in [0.1, 0.15) is 0 Å². The highest BCUT2D eigenvalue weighted by atomic mass is 32.1. The second kappa shape index (κ2) is 8.32. The molecule has 0 saturated carbocycles. The normalized spacial score (nSPS) is 20.0. The first-order chi connectivity index (χ1) is 14.7. The summed E-state index contributed by atoms with van der Waals surface area (Å²) in [4.78, 5) is 26.5. The Morgan fingerprint density at radius 2 is 2.00 bits per heavy atom. The predicted octanol–water partition coefficient (Wildman–Crippen LogP) is 3.78. The number of thiazole rings is 1. The minimum atomic E-state index is -0.0999. The van der Waals surface area contributed by atoms with Crippen LogP contribution in [0.1, 0.15) is 36.0 Å². The van der Waals surface area contributed by atoms with Gasteiger partial charge in [-0.15, -0.1) is 0 Å². The maximum atomic E-state index is 11.9. The molecule has 0 radical (unpaired) electrons. The molecule has 2 aliphatic rings. The summed E-state index contributed by atoms with van der Waals surface area (Å²) in [5.74, 6) is -0.0999. The highest BCUT2D eigenvalue weighted by Crippen LogP contribution is 2.34. The van der Waals surface area contributed by atoms with E-state index in [1.807, 2.05) is 12.1 Å². The molecule has 2 aromatic heterocycles. The Morgan fingerprint density at radius 1 is 1.13 bits per heavy atom. The van der Waals surface area contributed by atoms with Crippen LogP contribution < -0.4 is 10.2 Å². The molecule has 1 N–H and O–H groups in total. The Hall–Kier alpha value is -2.51. The van der Waals surface area contributed by atoms with Crippen molar-refractivity contribution in [3.8, 4) is 11.3 Å². The van der Waals surface area contributed by atoms with E-state index in [2.05, 4.69) is 32.2 Å². The zero-order valence-corrected chi connectivity index (χ0v) is 18.1. The number of piperidine rings is 1. The van der Waals surface area contributed by atoms with Crippen LogP contribution >= 0.6 is 11.3 Å². The molecular formula is C23H27N5OS. The molecule has 6 nitrogen and oxygen atoms in total. The quantitative estimate of drug-likeness (QED) is 0.695. The minimum Gasteiger partial charge on any atom is -0.355 e. The molecule has 3 aromatic rings. The van der Waals surface area contributed by atoms with Crippen LogP contribution in [0.15, 0.2) is 36.5 Å². The average Bonchev–Trinajstić information content (AvgIpc) is 3.46. The van der Waals surface area contributed by atoms with Crippen molar-refractivity contribution < 1.29 is 4.79 Å². The molecule has 0 bridgehead atoms. The summed E-state index contributed by atoms with van der Waals surface area (Å²) in [5, 5.41) is 3.79. The number of carbonyl (C=O) groups excluding carboxylic acids is 1. The molecule has 0 unspecified atom stereocenters. The number of nitrogens with one attached hydrogen (secondary N) is 1. The number of hydrogen-bond acceptors (Lipinski definition) is 6. The van der Waals surface area contributed by atoms with Gasteiger partial charge in [-0.05, 0) is 56.6 Å². The van der Waals surface area contributed by atoms with Crippen LogP contribution in [-0.4, -0.2) is 60.0 Å². The van der Waals surface area contributed by atoms with Gasteiger partial charge in [0.25, 0.3) is 5.91 Å². The van der Waals surface area contributed by atoms with Crippen molar-refractivity contribution in [1.82, 2.24) is 20.2 Å². The lowest BCUT2D eigenvalue weighted by Crippen LogP contribution is -2.40. The van der Waals surface area contributed by atoms with Gasteiger partial charge >= 0.3 is 0 Å². The third kappa shape index (κ3) is 3.79. The number of likely N-dealkylation sites (tertiary alicyclic amines) is 1. The summed E-state index contributed by atoms with van der Waals surface area (Å²) in [6.07, 6.45) is 6.99.